The van der Waals surface area contributed by atoms with Crippen LogP contribution in [0.5, 0.6) is 5.75 Å². The molecule has 0 fully saturated rings. The second-order valence-corrected chi connectivity index (χ2v) is 6.52. The number of hydrogen-bond acceptors (Lipinski definition) is 5. The molecule has 0 aromatic heterocycles. The van der Waals surface area contributed by atoms with Crippen LogP contribution in [0.25, 0.3) is 0 Å². The molecule has 0 saturated carbocycles. The van der Waals surface area contributed by atoms with Crippen molar-refractivity contribution >= 4 is 29.2 Å². The number of anilines is 2. The lowest BCUT2D eigenvalue weighted by molar-refractivity contribution is -0.122. The van der Waals surface area contributed by atoms with Crippen molar-refractivity contribution in [3.05, 3.63) is 54.1 Å². The van der Waals surface area contributed by atoms with Gasteiger partial charge in [0.1, 0.15) is 5.75 Å². The summed E-state index contributed by atoms with van der Waals surface area (Å²) in [5.74, 6) is -0.387. The molecule has 0 spiro atoms. The first-order chi connectivity index (χ1) is 13.9. The highest BCUT2D eigenvalue weighted by Crippen LogP contribution is 2.17. The highest BCUT2D eigenvalue weighted by Gasteiger charge is 2.15. The van der Waals surface area contributed by atoms with E-state index in [0.29, 0.717) is 29.3 Å². The highest BCUT2D eigenvalue weighted by molar-refractivity contribution is 5.95. The molecular weight excluding hydrogens is 372 g/mol. The molecule has 7 heteroatoms. The number of amides is 2. The van der Waals surface area contributed by atoms with E-state index < -0.39 is 6.10 Å². The Morgan fingerprint density at radius 3 is 2.07 bits per heavy atom. The van der Waals surface area contributed by atoms with E-state index in [-0.39, 0.29) is 17.8 Å². The molecule has 0 unspecified atom stereocenters. The van der Waals surface area contributed by atoms with Gasteiger partial charge in [-0.25, -0.2) is 4.79 Å². The topological polar surface area (TPSA) is 93.7 Å². The van der Waals surface area contributed by atoms with E-state index in [4.69, 9.17) is 9.47 Å². The Morgan fingerprint density at radius 2 is 1.52 bits per heavy atom. The van der Waals surface area contributed by atoms with E-state index in [1.54, 1.807) is 55.5 Å². The van der Waals surface area contributed by atoms with Crippen LogP contribution < -0.4 is 15.4 Å². The fourth-order valence-corrected chi connectivity index (χ4v) is 2.40. The summed E-state index contributed by atoms with van der Waals surface area (Å²) in [6, 6.07) is 13.2. The minimum Gasteiger partial charge on any atom is -0.481 e. The Bertz CT molecular complexity index is 831. The van der Waals surface area contributed by atoms with Crippen molar-refractivity contribution in [2.24, 2.45) is 0 Å². The molecule has 29 heavy (non-hydrogen) atoms. The normalized spacial score (nSPS) is 11.3. The maximum atomic E-state index is 12.3. The maximum Gasteiger partial charge on any atom is 0.338 e. The standard InChI is InChI=1S/C22H26N2O5/c1-4-5-14-28-22(27)17-6-12-20(13-7-17)29-15(2)21(26)24-19-10-8-18(9-11-19)23-16(3)25/h6-13,15H,4-5,14H2,1-3H3,(H,23,25)(H,24,26)/t15-/m1/s1. The smallest absolute Gasteiger partial charge is 0.338 e. The number of benzene rings is 2. The molecule has 0 aliphatic heterocycles. The van der Waals surface area contributed by atoms with Crippen LogP contribution in [0.1, 0.15) is 44.0 Å². The molecule has 2 aromatic rings. The van der Waals surface area contributed by atoms with Crippen LogP contribution in [0.2, 0.25) is 0 Å². The number of hydrogen-bond donors (Lipinski definition) is 2. The number of carbonyl (C=O) groups is 3. The molecule has 2 N–H and O–H groups in total. The van der Waals surface area contributed by atoms with E-state index >= 15 is 0 Å². The van der Waals surface area contributed by atoms with Crippen molar-refractivity contribution in [1.29, 1.82) is 0 Å². The Hall–Kier alpha value is -3.35. The molecule has 0 radical (unpaired) electrons. The van der Waals surface area contributed by atoms with Gasteiger partial charge in [-0.05, 0) is 61.9 Å². The van der Waals surface area contributed by atoms with Crippen LogP contribution in [-0.2, 0) is 14.3 Å². The average molecular weight is 398 g/mol. The Balaban J connectivity index is 1.87. The summed E-state index contributed by atoms with van der Waals surface area (Å²) in [6.07, 6.45) is 1.04. The summed E-state index contributed by atoms with van der Waals surface area (Å²) in [5.41, 5.74) is 1.67. The van der Waals surface area contributed by atoms with E-state index in [0.717, 1.165) is 12.8 Å². The van der Waals surface area contributed by atoms with Gasteiger partial charge in [0.15, 0.2) is 6.10 Å². The Labute approximate surface area is 170 Å². The van der Waals surface area contributed by atoms with Crippen LogP contribution in [-0.4, -0.2) is 30.5 Å². The molecular formula is C22H26N2O5. The van der Waals surface area contributed by atoms with Gasteiger partial charge < -0.3 is 20.1 Å². The number of rotatable bonds is 9. The zero-order valence-electron chi connectivity index (χ0n) is 16.9. The van der Waals surface area contributed by atoms with Crippen molar-refractivity contribution in [2.75, 3.05) is 17.2 Å². The average Bonchev–Trinajstić information content (AvgIpc) is 2.69. The van der Waals surface area contributed by atoms with Crippen molar-refractivity contribution in [1.82, 2.24) is 0 Å². The summed E-state index contributed by atoms with van der Waals surface area (Å²) in [6.45, 7) is 5.49. The SMILES string of the molecule is CCCCOC(=O)c1ccc(O[C@H](C)C(=O)Nc2ccc(NC(C)=O)cc2)cc1. The number of carbonyl (C=O) groups excluding carboxylic acids is 3. The second kappa shape index (κ2) is 10.8. The van der Waals surface area contributed by atoms with Crippen molar-refractivity contribution in [3.8, 4) is 5.75 Å². The van der Waals surface area contributed by atoms with Crippen LogP contribution in [0.3, 0.4) is 0 Å². The fraction of sp³-hybridized carbons (Fsp3) is 0.318. The number of nitrogens with one attached hydrogen (secondary N) is 2. The molecule has 2 rings (SSSR count). The number of ether oxygens (including phenoxy) is 2. The van der Waals surface area contributed by atoms with Gasteiger partial charge in [-0.1, -0.05) is 13.3 Å². The lowest BCUT2D eigenvalue weighted by Gasteiger charge is -2.15. The third-order valence-electron chi connectivity index (χ3n) is 3.98. The molecule has 0 aliphatic carbocycles. The third-order valence-corrected chi connectivity index (χ3v) is 3.98. The Morgan fingerprint density at radius 1 is 0.931 bits per heavy atom. The quantitative estimate of drug-likeness (QED) is 0.492. The van der Waals surface area contributed by atoms with Gasteiger partial charge in [0.2, 0.25) is 5.91 Å². The van der Waals surface area contributed by atoms with Gasteiger partial charge in [-0.15, -0.1) is 0 Å². The summed E-state index contributed by atoms with van der Waals surface area (Å²) in [7, 11) is 0. The molecule has 7 nitrogen and oxygen atoms in total. The first-order valence-electron chi connectivity index (χ1n) is 9.51. The highest BCUT2D eigenvalue weighted by atomic mass is 16.5. The van der Waals surface area contributed by atoms with Crippen LogP contribution in [0.15, 0.2) is 48.5 Å². The zero-order valence-corrected chi connectivity index (χ0v) is 16.9. The molecule has 2 aromatic carbocycles. The second-order valence-electron chi connectivity index (χ2n) is 6.52. The lowest BCUT2D eigenvalue weighted by Crippen LogP contribution is -2.30. The minimum atomic E-state index is -0.743. The van der Waals surface area contributed by atoms with Crippen LogP contribution in [0, 0.1) is 0 Å². The maximum absolute atomic E-state index is 12.3. The van der Waals surface area contributed by atoms with E-state index in [2.05, 4.69) is 10.6 Å². The Kier molecular flexibility index (Phi) is 8.21. The summed E-state index contributed by atoms with van der Waals surface area (Å²) >= 11 is 0. The summed E-state index contributed by atoms with van der Waals surface area (Å²) in [4.78, 5) is 35.3. The molecule has 2 amide bonds. The van der Waals surface area contributed by atoms with Gasteiger partial charge in [0.25, 0.3) is 5.91 Å². The lowest BCUT2D eigenvalue weighted by atomic mass is 10.2. The van der Waals surface area contributed by atoms with Gasteiger partial charge in [-0.2, -0.15) is 0 Å². The van der Waals surface area contributed by atoms with Crippen molar-refractivity contribution in [3.63, 3.8) is 0 Å². The minimum absolute atomic E-state index is 0.163. The first kappa shape index (κ1) is 21.9. The van der Waals surface area contributed by atoms with Crippen molar-refractivity contribution < 1.29 is 23.9 Å². The molecule has 0 aliphatic rings. The monoisotopic (exact) mass is 398 g/mol. The molecule has 0 heterocycles. The summed E-state index contributed by atoms with van der Waals surface area (Å²) in [5, 5.41) is 5.41. The largest absolute Gasteiger partial charge is 0.481 e. The van der Waals surface area contributed by atoms with Gasteiger partial charge >= 0.3 is 5.97 Å². The molecule has 1 atom stereocenters. The van der Waals surface area contributed by atoms with Crippen LogP contribution >= 0.6 is 0 Å². The third kappa shape index (κ3) is 7.29. The van der Waals surface area contributed by atoms with Crippen LogP contribution in [0.4, 0.5) is 11.4 Å². The first-order valence-corrected chi connectivity index (χ1v) is 9.51. The zero-order chi connectivity index (χ0) is 21.2. The predicted octanol–water partition coefficient (Wildman–Crippen LogP) is 4.01. The molecule has 0 saturated heterocycles. The van der Waals surface area contributed by atoms with E-state index in [1.807, 2.05) is 6.92 Å². The van der Waals surface area contributed by atoms with Gasteiger partial charge in [-0.3, -0.25) is 9.59 Å². The van der Waals surface area contributed by atoms with Gasteiger partial charge in [0.05, 0.1) is 12.2 Å². The van der Waals surface area contributed by atoms with E-state index in [9.17, 15) is 14.4 Å². The number of esters is 1. The van der Waals surface area contributed by atoms with E-state index in [1.165, 1.54) is 6.92 Å². The molecule has 154 valence electrons. The summed E-state index contributed by atoms with van der Waals surface area (Å²) < 4.78 is 10.8. The fourth-order valence-electron chi connectivity index (χ4n) is 2.40. The predicted molar refractivity (Wildman–Crippen MR) is 111 cm³/mol. The van der Waals surface area contributed by atoms with Gasteiger partial charge in [0, 0.05) is 18.3 Å². The molecule has 0 bridgehead atoms. The number of unbranched alkanes of at least 4 members (excludes halogenated alkanes) is 1. The van der Waals surface area contributed by atoms with Crippen molar-refractivity contribution in [2.45, 2.75) is 39.7 Å².